The van der Waals surface area contributed by atoms with E-state index in [0.717, 1.165) is 10.5 Å². The predicted molar refractivity (Wildman–Crippen MR) is 74.6 cm³/mol. The van der Waals surface area contributed by atoms with Crippen LogP contribution in [0.15, 0.2) is 54.9 Å². The molecule has 1 aromatic heterocycles. The van der Waals surface area contributed by atoms with E-state index < -0.39 is 6.09 Å². The Morgan fingerprint density at radius 3 is 2.71 bits per heavy atom. The van der Waals surface area contributed by atoms with Gasteiger partial charge >= 0.3 is 6.09 Å². The van der Waals surface area contributed by atoms with Gasteiger partial charge < -0.3 is 4.74 Å². The van der Waals surface area contributed by atoms with Gasteiger partial charge in [0.1, 0.15) is 12.2 Å². The fourth-order valence-corrected chi connectivity index (χ4v) is 2.27. The summed E-state index contributed by atoms with van der Waals surface area (Å²) in [5.41, 5.74) is 1.62. The Bertz CT molecular complexity index is 670. The molecule has 0 radical (unpaired) electrons. The molecule has 0 unspecified atom stereocenters. The molecule has 1 fully saturated rings. The van der Waals surface area contributed by atoms with Crippen LogP contribution < -0.4 is 4.57 Å². The molecule has 1 saturated heterocycles. The molecule has 0 saturated carbocycles. The van der Waals surface area contributed by atoms with E-state index in [0.29, 0.717) is 18.7 Å². The first-order valence-electron chi connectivity index (χ1n) is 6.76. The summed E-state index contributed by atoms with van der Waals surface area (Å²) in [6.07, 6.45) is 3.07. The maximum atomic E-state index is 12.3. The van der Waals surface area contributed by atoms with Crippen molar-refractivity contribution in [3.63, 3.8) is 0 Å². The highest BCUT2D eigenvalue weighted by molar-refractivity contribution is 6.03. The monoisotopic (exact) mass is 283 g/mol. The molecule has 1 aliphatic heterocycles. The number of hydrogen-bond acceptors (Lipinski definition) is 3. The quantitative estimate of drug-likeness (QED) is 0.804. The van der Waals surface area contributed by atoms with Gasteiger partial charge in [0.15, 0.2) is 18.9 Å². The molecular formula is C16H15N2O3+. The topological polar surface area (TPSA) is 50.5 Å². The second-order valence-electron chi connectivity index (χ2n) is 4.82. The maximum absolute atomic E-state index is 12.3. The Kier molecular flexibility index (Phi) is 3.64. The zero-order valence-corrected chi connectivity index (χ0v) is 11.4. The minimum atomic E-state index is -0.571. The summed E-state index contributed by atoms with van der Waals surface area (Å²) >= 11 is 0. The Morgan fingerprint density at radius 2 is 2.00 bits per heavy atom. The number of nitrogens with zero attached hydrogens (tertiary/aromatic N) is 2. The van der Waals surface area contributed by atoms with Crippen LogP contribution in [0.4, 0.5) is 4.79 Å². The highest BCUT2D eigenvalue weighted by Crippen LogP contribution is 2.09. The third-order valence-corrected chi connectivity index (χ3v) is 3.32. The molecule has 5 nitrogen and oxygen atoms in total. The maximum Gasteiger partial charge on any atom is 0.416 e. The standard InChI is InChI=1S/C16H15N2O3/c19-15(18-9-10-21-16(18)20)14-7-4-8-17(12-14)11-13-5-2-1-3-6-13/h1-8,12H,9-11H2/q+1. The van der Waals surface area contributed by atoms with E-state index in [9.17, 15) is 9.59 Å². The molecule has 5 heteroatoms. The van der Waals surface area contributed by atoms with Crippen LogP contribution >= 0.6 is 0 Å². The summed E-state index contributed by atoms with van der Waals surface area (Å²) in [6, 6.07) is 13.5. The predicted octanol–water partition coefficient (Wildman–Crippen LogP) is 1.61. The molecule has 0 N–H and O–H groups in total. The first kappa shape index (κ1) is 13.3. The van der Waals surface area contributed by atoms with Crippen molar-refractivity contribution in [2.24, 2.45) is 0 Å². The number of hydrogen-bond donors (Lipinski definition) is 0. The van der Waals surface area contributed by atoms with Gasteiger partial charge in [-0.1, -0.05) is 30.3 Å². The number of cyclic esters (lactones) is 1. The van der Waals surface area contributed by atoms with E-state index in [1.807, 2.05) is 41.1 Å². The number of pyridine rings is 1. The lowest BCUT2D eigenvalue weighted by atomic mass is 10.2. The molecule has 2 heterocycles. The van der Waals surface area contributed by atoms with E-state index in [-0.39, 0.29) is 12.5 Å². The van der Waals surface area contributed by atoms with Gasteiger partial charge in [0, 0.05) is 11.6 Å². The van der Waals surface area contributed by atoms with Crippen LogP contribution in [0, 0.1) is 0 Å². The van der Waals surface area contributed by atoms with Gasteiger partial charge in [-0.3, -0.25) is 4.79 Å². The van der Waals surface area contributed by atoms with Crippen LogP contribution in [0.5, 0.6) is 0 Å². The molecule has 3 rings (SSSR count). The van der Waals surface area contributed by atoms with E-state index in [2.05, 4.69) is 0 Å². The summed E-state index contributed by atoms with van der Waals surface area (Å²) in [7, 11) is 0. The van der Waals surface area contributed by atoms with Crippen LogP contribution in [0.1, 0.15) is 15.9 Å². The van der Waals surface area contributed by atoms with Gasteiger partial charge in [0.05, 0.1) is 6.54 Å². The molecule has 2 aromatic rings. The second kappa shape index (κ2) is 5.75. The fraction of sp³-hybridized carbons (Fsp3) is 0.188. The van der Waals surface area contributed by atoms with E-state index in [1.54, 1.807) is 18.3 Å². The van der Waals surface area contributed by atoms with Crippen molar-refractivity contribution in [2.75, 3.05) is 13.2 Å². The summed E-state index contributed by atoms with van der Waals surface area (Å²) in [6.45, 7) is 1.25. The number of imide groups is 1. The largest absolute Gasteiger partial charge is 0.447 e. The first-order chi connectivity index (χ1) is 10.2. The molecule has 1 aromatic carbocycles. The first-order valence-corrected chi connectivity index (χ1v) is 6.76. The van der Waals surface area contributed by atoms with E-state index in [1.165, 1.54) is 0 Å². The van der Waals surface area contributed by atoms with Gasteiger partial charge in [-0.2, -0.15) is 4.57 Å². The number of aromatic nitrogens is 1. The van der Waals surface area contributed by atoms with Crippen molar-refractivity contribution in [1.29, 1.82) is 0 Å². The number of rotatable bonds is 3. The fourth-order valence-electron chi connectivity index (χ4n) is 2.27. The molecule has 106 valence electrons. The minimum absolute atomic E-state index is 0.265. The highest BCUT2D eigenvalue weighted by Gasteiger charge is 2.30. The second-order valence-corrected chi connectivity index (χ2v) is 4.82. The molecule has 21 heavy (non-hydrogen) atoms. The third kappa shape index (κ3) is 2.91. The third-order valence-electron chi connectivity index (χ3n) is 3.32. The summed E-state index contributed by atoms with van der Waals surface area (Å²) < 4.78 is 6.71. The van der Waals surface area contributed by atoms with E-state index in [4.69, 9.17) is 4.74 Å². The lowest BCUT2D eigenvalue weighted by molar-refractivity contribution is -0.688. The summed E-state index contributed by atoms with van der Waals surface area (Å²) in [5.74, 6) is -0.320. The van der Waals surface area contributed by atoms with Crippen LogP contribution in [0.25, 0.3) is 0 Å². The number of carbonyl (C=O) groups excluding carboxylic acids is 2. The molecule has 2 amide bonds. The zero-order valence-electron chi connectivity index (χ0n) is 11.4. The van der Waals surface area contributed by atoms with Crippen molar-refractivity contribution >= 4 is 12.0 Å². The van der Waals surface area contributed by atoms with Gasteiger partial charge in [0.25, 0.3) is 5.91 Å². The van der Waals surface area contributed by atoms with Crippen molar-refractivity contribution in [3.05, 3.63) is 66.0 Å². The van der Waals surface area contributed by atoms with Crippen LogP contribution in [-0.2, 0) is 11.3 Å². The van der Waals surface area contributed by atoms with E-state index >= 15 is 0 Å². The lowest BCUT2D eigenvalue weighted by Crippen LogP contribution is -2.37. The summed E-state index contributed by atoms with van der Waals surface area (Å²) in [4.78, 5) is 24.8. The average Bonchev–Trinajstić information content (AvgIpc) is 2.94. The average molecular weight is 283 g/mol. The Balaban J connectivity index is 1.80. The zero-order chi connectivity index (χ0) is 14.7. The number of ether oxygens (including phenoxy) is 1. The number of benzene rings is 1. The number of amides is 2. The van der Waals surface area contributed by atoms with Crippen molar-refractivity contribution in [2.45, 2.75) is 6.54 Å². The summed E-state index contributed by atoms with van der Waals surface area (Å²) in [5, 5.41) is 0. The Labute approximate surface area is 122 Å². The SMILES string of the molecule is O=C1OCCN1C(=O)c1ccc[n+](Cc2ccccc2)c1. The van der Waals surface area contributed by atoms with Crippen LogP contribution in [0.3, 0.4) is 0 Å². The van der Waals surface area contributed by atoms with Crippen molar-refractivity contribution < 1.29 is 18.9 Å². The molecule has 1 aliphatic rings. The smallest absolute Gasteiger partial charge is 0.416 e. The molecular weight excluding hydrogens is 268 g/mol. The van der Waals surface area contributed by atoms with Crippen LogP contribution in [0.2, 0.25) is 0 Å². The normalized spacial score (nSPS) is 14.1. The van der Waals surface area contributed by atoms with Gasteiger partial charge in [-0.15, -0.1) is 0 Å². The van der Waals surface area contributed by atoms with Gasteiger partial charge in [-0.05, 0) is 6.07 Å². The Hall–Kier alpha value is -2.69. The molecule has 0 aliphatic carbocycles. The van der Waals surface area contributed by atoms with Crippen LogP contribution in [-0.4, -0.2) is 30.1 Å². The molecule has 0 atom stereocenters. The minimum Gasteiger partial charge on any atom is -0.447 e. The number of carbonyl (C=O) groups is 2. The van der Waals surface area contributed by atoms with Crippen molar-refractivity contribution in [1.82, 2.24) is 4.90 Å². The molecule has 0 bridgehead atoms. The lowest BCUT2D eigenvalue weighted by Gasteiger charge is -2.09. The van der Waals surface area contributed by atoms with Crippen molar-refractivity contribution in [3.8, 4) is 0 Å². The van der Waals surface area contributed by atoms with Gasteiger partial charge in [-0.25, -0.2) is 9.69 Å². The molecule has 0 spiro atoms. The Morgan fingerprint density at radius 1 is 1.19 bits per heavy atom. The van der Waals surface area contributed by atoms with Gasteiger partial charge in [0.2, 0.25) is 0 Å². The highest BCUT2D eigenvalue weighted by atomic mass is 16.6.